The van der Waals surface area contributed by atoms with Gasteiger partial charge in [-0.2, -0.15) is 0 Å². The van der Waals surface area contributed by atoms with Crippen LogP contribution >= 0.6 is 11.6 Å². The van der Waals surface area contributed by atoms with Crippen LogP contribution < -0.4 is 50.0 Å². The molecule has 0 aromatic heterocycles. The smallest absolute Gasteiger partial charge is 0.488 e. The van der Waals surface area contributed by atoms with Crippen molar-refractivity contribution < 1.29 is 78.9 Å². The van der Waals surface area contributed by atoms with Crippen LogP contribution in [0.2, 0.25) is 5.02 Å². The van der Waals surface area contributed by atoms with E-state index in [0.29, 0.717) is 56.9 Å². The number of carboxylic acids is 2. The minimum atomic E-state index is -1.76. The number of halogens is 1. The van der Waals surface area contributed by atoms with Crippen molar-refractivity contribution in [2.75, 3.05) is 0 Å². The van der Waals surface area contributed by atoms with Gasteiger partial charge in [0.1, 0.15) is 30.1 Å². The van der Waals surface area contributed by atoms with Crippen LogP contribution in [-0.4, -0.2) is 56.5 Å². The van der Waals surface area contributed by atoms with Gasteiger partial charge < -0.3 is 39.8 Å². The van der Waals surface area contributed by atoms with Gasteiger partial charge in [0.05, 0.1) is 5.02 Å². The third-order valence-corrected chi connectivity index (χ3v) is 18.7. The number of hydrogen-bond donors (Lipinski definition) is 6. The number of aromatic carboxylic acids is 2. The number of carboxylic acid groups (broad SMARTS) is 2. The van der Waals surface area contributed by atoms with Crippen LogP contribution in [0.3, 0.4) is 0 Å². The first-order chi connectivity index (χ1) is 34.4. The molecule has 0 amide bonds. The van der Waals surface area contributed by atoms with Crippen molar-refractivity contribution in [2.24, 2.45) is 58.2 Å². The first-order valence-electron chi connectivity index (χ1n) is 26.7. The van der Waals surface area contributed by atoms with Crippen molar-refractivity contribution in [3.63, 3.8) is 0 Å². The second kappa shape index (κ2) is 24.6. The summed E-state index contributed by atoms with van der Waals surface area (Å²) in [6.45, 7) is 12.3. The molecule has 0 radical (unpaired) electrons. The molecule has 10 nitrogen and oxygen atoms in total. The largest absolute Gasteiger partial charge is 1.00 e. The van der Waals surface area contributed by atoms with Gasteiger partial charge in [-0.1, -0.05) is 126 Å². The third-order valence-electron chi connectivity index (χ3n) is 18.4. The number of ether oxygens (including phenoxy) is 2. The second-order valence-corrected chi connectivity index (χ2v) is 23.3. The zero-order valence-electron chi connectivity index (χ0n) is 43.9. The normalized spacial score (nSPS) is 25.9. The Hall–Kier alpha value is -3.58. The van der Waals surface area contributed by atoms with Crippen molar-refractivity contribution in [2.45, 2.75) is 138 Å². The molecule has 384 valence electrons. The van der Waals surface area contributed by atoms with E-state index in [-0.39, 0.29) is 81.3 Å². The summed E-state index contributed by atoms with van der Waals surface area (Å²) in [5, 5.41) is 60.9. The molecular weight excluding hydrogens is 949 g/mol. The fourth-order valence-corrected chi connectivity index (χ4v) is 15.0. The van der Waals surface area contributed by atoms with E-state index in [4.69, 9.17) is 21.1 Å². The number of carbonyl (C=O) groups is 2. The summed E-state index contributed by atoms with van der Waals surface area (Å²) in [6, 6.07) is 21.2. The van der Waals surface area contributed by atoms with Gasteiger partial charge in [0.15, 0.2) is 5.75 Å². The predicted octanol–water partition coefficient (Wildman–Crippen LogP) is 8.21. The molecule has 6 N–H and O–H groups in total. The Labute approximate surface area is 460 Å². The number of rotatable bonds is 20. The molecule has 0 aliphatic heterocycles. The molecular formula is C59H75B2ClNaO10+. The topological polar surface area (TPSA) is 174 Å². The Balaban J connectivity index is 0.00000780. The molecule has 8 rings (SSSR count). The third kappa shape index (κ3) is 12.5. The summed E-state index contributed by atoms with van der Waals surface area (Å²) in [5.41, 5.74) is 3.49. The number of hydrogen-bond acceptors (Lipinski definition) is 8. The zero-order valence-corrected chi connectivity index (χ0v) is 46.6. The molecule has 73 heavy (non-hydrogen) atoms. The number of allylic oxidation sites excluding steroid dienone is 1. The van der Waals surface area contributed by atoms with Gasteiger partial charge in [-0.15, -0.1) is 0 Å². The maximum absolute atomic E-state index is 13.0. The second-order valence-electron chi connectivity index (χ2n) is 22.9. The molecule has 4 aliphatic rings. The SMILES string of the molecule is CC(C)CCC[C@@H](C)[C@H]1CC[C@H]2[C@@H]3CC[C@H]4C[C@@H](CC/C=C(/c5ccc(OCc6ccccc6B(O)O)c(C(=O)O)c5)c5cc(Cl)c(OCc6ccccc6B(O)O)c(C(=O)O)c5)CC[C@]4(C)[C@H]3CC[C@]12C.[Na+]. The Kier molecular flexibility index (Phi) is 19.3. The average molecular weight is 1020 g/mol. The maximum Gasteiger partial charge on any atom is 1.00 e. The van der Waals surface area contributed by atoms with Crippen LogP contribution in [0.5, 0.6) is 11.5 Å². The summed E-state index contributed by atoms with van der Waals surface area (Å²) < 4.78 is 12.0. The van der Waals surface area contributed by atoms with E-state index in [0.717, 1.165) is 41.9 Å². The van der Waals surface area contributed by atoms with Gasteiger partial charge in [-0.3, -0.25) is 0 Å². The van der Waals surface area contributed by atoms with Crippen molar-refractivity contribution in [1.29, 1.82) is 0 Å². The molecule has 9 atom stereocenters. The van der Waals surface area contributed by atoms with Crippen LogP contribution in [0.1, 0.15) is 167 Å². The standard InChI is InChI=1S/C59H75B2ClO10.Na/c1-36(2)12-10-13-37(3)48-23-24-49-45-22-21-43-30-38(26-28-58(43,4)50(45)27-29-59(48,49)5)14-11-17-44(39-20-25-54(46(31-39)56(63)64)71-34-40-15-6-8-18-51(40)60(67)68)42-32-47(57(65)66)55(53(62)33-42)72-35-41-16-7-9-19-52(41)61(69)70;/h6-9,15-20,25,31-33,36-38,43,45,48-50,67-70H,10-14,21-24,26-30,34-35H2,1-5H3,(H,63,64)(H,65,66);/q;+1/b44-17-;/t37-,38+,43+,45+,48-,49+,50+,58+,59-;/m1./s1. The summed E-state index contributed by atoms with van der Waals surface area (Å²) >= 11 is 6.92. The Morgan fingerprint density at radius 1 is 0.726 bits per heavy atom. The van der Waals surface area contributed by atoms with E-state index in [2.05, 4.69) is 40.7 Å². The van der Waals surface area contributed by atoms with Gasteiger partial charge in [0, 0.05) is 0 Å². The van der Waals surface area contributed by atoms with Gasteiger partial charge in [-0.05, 0) is 192 Å². The Bertz CT molecular complexity index is 2610. The first-order valence-corrected chi connectivity index (χ1v) is 27.1. The van der Waals surface area contributed by atoms with Crippen LogP contribution in [-0.2, 0) is 13.2 Å². The molecule has 0 spiro atoms. The van der Waals surface area contributed by atoms with Crippen LogP contribution in [0, 0.1) is 58.2 Å². The summed E-state index contributed by atoms with van der Waals surface area (Å²) in [7, 11) is -3.49. The quantitative estimate of drug-likeness (QED) is 0.0474. The first kappa shape index (κ1) is 57.1. The average Bonchev–Trinajstić information content (AvgIpc) is 3.71. The van der Waals surface area contributed by atoms with Crippen molar-refractivity contribution >= 4 is 54.3 Å². The number of fused-ring (bicyclic) bond motifs is 5. The summed E-state index contributed by atoms with van der Waals surface area (Å²) in [5.74, 6) is 3.59. The Morgan fingerprint density at radius 3 is 1.99 bits per heavy atom. The molecule has 0 saturated heterocycles. The van der Waals surface area contributed by atoms with Crippen LogP contribution in [0.15, 0.2) is 84.9 Å². The van der Waals surface area contributed by atoms with E-state index < -0.39 is 26.2 Å². The summed E-state index contributed by atoms with van der Waals surface area (Å²) in [6.07, 6.45) is 19.5. The maximum atomic E-state index is 13.0. The predicted molar refractivity (Wildman–Crippen MR) is 286 cm³/mol. The van der Waals surface area contributed by atoms with Gasteiger partial charge in [0.25, 0.3) is 0 Å². The van der Waals surface area contributed by atoms with Gasteiger partial charge in [0.2, 0.25) is 0 Å². The van der Waals surface area contributed by atoms with Gasteiger partial charge in [-0.25, -0.2) is 9.59 Å². The monoisotopic (exact) mass is 1020 g/mol. The van der Waals surface area contributed by atoms with Crippen LogP contribution in [0.25, 0.3) is 5.57 Å². The Morgan fingerprint density at radius 2 is 1.34 bits per heavy atom. The van der Waals surface area contributed by atoms with Crippen molar-refractivity contribution in [3.05, 3.63) is 123 Å². The molecule has 4 fully saturated rings. The molecule has 4 aromatic rings. The molecule has 0 bridgehead atoms. The molecule has 4 aliphatic carbocycles. The molecule has 0 unspecified atom stereocenters. The fourth-order valence-electron chi connectivity index (χ4n) is 14.7. The zero-order chi connectivity index (χ0) is 51.5. The van der Waals surface area contributed by atoms with E-state index in [9.17, 15) is 39.9 Å². The van der Waals surface area contributed by atoms with E-state index in [1.165, 1.54) is 89.2 Å². The molecule has 4 aromatic carbocycles. The molecule has 4 saturated carbocycles. The molecule has 0 heterocycles. The van der Waals surface area contributed by atoms with E-state index >= 15 is 0 Å². The van der Waals surface area contributed by atoms with Gasteiger partial charge >= 0.3 is 55.7 Å². The van der Waals surface area contributed by atoms with Crippen molar-refractivity contribution in [3.8, 4) is 11.5 Å². The van der Waals surface area contributed by atoms with Crippen LogP contribution in [0.4, 0.5) is 0 Å². The minimum absolute atomic E-state index is 0. The molecule has 14 heteroatoms. The minimum Gasteiger partial charge on any atom is -0.488 e. The van der Waals surface area contributed by atoms with E-state index in [1.807, 2.05) is 0 Å². The number of benzene rings is 4. The fraction of sp³-hybridized carbons (Fsp3) is 0.525. The van der Waals surface area contributed by atoms with Crippen molar-refractivity contribution in [1.82, 2.24) is 0 Å². The summed E-state index contributed by atoms with van der Waals surface area (Å²) in [4.78, 5) is 25.9. The van der Waals surface area contributed by atoms with E-state index in [1.54, 1.807) is 66.7 Å².